The van der Waals surface area contributed by atoms with Gasteiger partial charge in [-0.15, -0.1) is 11.8 Å². The Kier molecular flexibility index (Phi) is 7.35. The number of rotatable bonds is 9. The highest BCUT2D eigenvalue weighted by atomic mass is 32.2. The normalized spacial score (nSPS) is 10.2. The molecule has 2 rings (SSSR count). The number of nitrogens with one attached hydrogen (secondary N) is 1. The molecule has 0 atom stereocenters. The first kappa shape index (κ1) is 18.9. The van der Waals surface area contributed by atoms with E-state index in [1.165, 1.54) is 18.7 Å². The van der Waals surface area contributed by atoms with Gasteiger partial charge in [-0.2, -0.15) is 0 Å². The molecule has 0 aliphatic rings. The van der Waals surface area contributed by atoms with Crippen molar-refractivity contribution in [1.29, 1.82) is 0 Å². The molecular formula is C19H21NO4S. The minimum absolute atomic E-state index is 0.0267. The van der Waals surface area contributed by atoms with Gasteiger partial charge in [0.05, 0.1) is 19.5 Å². The second-order valence-corrected chi connectivity index (χ2v) is 6.37. The Morgan fingerprint density at radius 1 is 1.08 bits per heavy atom. The number of amides is 1. The molecule has 0 bridgehead atoms. The maximum absolute atomic E-state index is 11.9. The Hall–Kier alpha value is -2.47. The van der Waals surface area contributed by atoms with E-state index in [0.29, 0.717) is 29.4 Å². The number of benzene rings is 2. The monoisotopic (exact) mass is 359 g/mol. The van der Waals surface area contributed by atoms with Crippen molar-refractivity contribution in [1.82, 2.24) is 0 Å². The molecule has 0 radical (unpaired) electrons. The minimum Gasteiger partial charge on any atom is -0.497 e. The summed E-state index contributed by atoms with van der Waals surface area (Å²) in [7, 11) is 1.62. The predicted octanol–water partition coefficient (Wildman–Crippen LogP) is 3.65. The summed E-state index contributed by atoms with van der Waals surface area (Å²) in [6.07, 6.45) is 0. The number of hydrogen-bond acceptors (Lipinski definition) is 5. The van der Waals surface area contributed by atoms with Crippen molar-refractivity contribution in [2.45, 2.75) is 6.92 Å². The highest BCUT2D eigenvalue weighted by Gasteiger charge is 2.05. The van der Waals surface area contributed by atoms with Crippen molar-refractivity contribution in [3.05, 3.63) is 54.1 Å². The Labute approximate surface area is 151 Å². The molecule has 0 aliphatic heterocycles. The molecule has 2 aromatic carbocycles. The molecule has 5 nitrogen and oxygen atoms in total. The SMILES string of the molecule is COc1ccc(OCCSCC(=O)Nc2cccc(C(C)=O)c2)cc1. The fourth-order valence-corrected chi connectivity index (χ4v) is 2.67. The van der Waals surface area contributed by atoms with E-state index in [1.807, 2.05) is 24.3 Å². The summed E-state index contributed by atoms with van der Waals surface area (Å²) in [5.41, 5.74) is 1.21. The minimum atomic E-state index is -0.102. The molecule has 0 spiro atoms. The maximum Gasteiger partial charge on any atom is 0.234 e. The fourth-order valence-electron chi connectivity index (χ4n) is 2.07. The number of Topliss-reactive ketones (excluding diaryl/α,β-unsaturated/α-hetero) is 1. The summed E-state index contributed by atoms with van der Waals surface area (Å²) in [5, 5.41) is 2.79. The van der Waals surface area contributed by atoms with Crippen LogP contribution in [0.4, 0.5) is 5.69 Å². The van der Waals surface area contributed by atoms with Crippen LogP contribution in [0.3, 0.4) is 0 Å². The zero-order chi connectivity index (χ0) is 18.1. The summed E-state index contributed by atoms with van der Waals surface area (Å²) in [6.45, 7) is 2.02. The van der Waals surface area contributed by atoms with Crippen LogP contribution >= 0.6 is 11.8 Å². The third-order valence-corrected chi connectivity index (χ3v) is 4.26. The van der Waals surface area contributed by atoms with Gasteiger partial charge in [-0.3, -0.25) is 9.59 Å². The molecular weight excluding hydrogens is 338 g/mol. The topological polar surface area (TPSA) is 64.6 Å². The zero-order valence-corrected chi connectivity index (χ0v) is 15.1. The van der Waals surface area contributed by atoms with Crippen LogP contribution in [0.5, 0.6) is 11.5 Å². The van der Waals surface area contributed by atoms with E-state index in [2.05, 4.69) is 5.32 Å². The summed E-state index contributed by atoms with van der Waals surface area (Å²) < 4.78 is 10.7. The van der Waals surface area contributed by atoms with Crippen LogP contribution in [-0.4, -0.2) is 36.9 Å². The van der Waals surface area contributed by atoms with Gasteiger partial charge in [0.15, 0.2) is 5.78 Å². The van der Waals surface area contributed by atoms with Crippen LogP contribution in [-0.2, 0) is 4.79 Å². The van der Waals surface area contributed by atoms with Gasteiger partial charge in [0.1, 0.15) is 11.5 Å². The lowest BCUT2D eigenvalue weighted by Gasteiger charge is -2.08. The molecule has 2 aromatic rings. The molecule has 6 heteroatoms. The van der Waals surface area contributed by atoms with Crippen molar-refractivity contribution in [2.75, 3.05) is 30.5 Å². The van der Waals surface area contributed by atoms with Crippen molar-refractivity contribution in [3.63, 3.8) is 0 Å². The van der Waals surface area contributed by atoms with E-state index in [0.717, 1.165) is 11.5 Å². The van der Waals surface area contributed by atoms with E-state index >= 15 is 0 Å². The molecule has 0 unspecified atom stereocenters. The number of carbonyl (C=O) groups excluding carboxylic acids is 2. The summed E-state index contributed by atoms with van der Waals surface area (Å²) in [5.74, 6) is 2.46. The molecule has 25 heavy (non-hydrogen) atoms. The van der Waals surface area contributed by atoms with Gasteiger partial charge in [0.25, 0.3) is 0 Å². The smallest absolute Gasteiger partial charge is 0.234 e. The van der Waals surface area contributed by atoms with Gasteiger partial charge >= 0.3 is 0 Å². The number of thioether (sulfide) groups is 1. The third kappa shape index (κ3) is 6.51. The Balaban J connectivity index is 1.66. The van der Waals surface area contributed by atoms with Crippen molar-refractivity contribution < 1.29 is 19.1 Å². The van der Waals surface area contributed by atoms with Crippen LogP contribution in [0.1, 0.15) is 17.3 Å². The first-order valence-electron chi connectivity index (χ1n) is 7.84. The van der Waals surface area contributed by atoms with E-state index < -0.39 is 0 Å². The third-order valence-electron chi connectivity index (χ3n) is 3.34. The quantitative estimate of drug-likeness (QED) is 0.547. The van der Waals surface area contributed by atoms with Gasteiger partial charge in [-0.25, -0.2) is 0 Å². The highest BCUT2D eigenvalue weighted by molar-refractivity contribution is 7.99. The van der Waals surface area contributed by atoms with Crippen LogP contribution in [0.15, 0.2) is 48.5 Å². The Bertz CT molecular complexity index is 716. The first-order chi connectivity index (χ1) is 12.1. The maximum atomic E-state index is 11.9. The number of ether oxygens (including phenoxy) is 2. The van der Waals surface area contributed by atoms with Gasteiger partial charge in [-0.05, 0) is 43.3 Å². The largest absolute Gasteiger partial charge is 0.497 e. The molecule has 0 fully saturated rings. The summed E-state index contributed by atoms with van der Waals surface area (Å²) in [6, 6.07) is 14.3. The molecule has 0 saturated carbocycles. The molecule has 0 aliphatic carbocycles. The summed E-state index contributed by atoms with van der Waals surface area (Å²) >= 11 is 1.49. The lowest BCUT2D eigenvalue weighted by Crippen LogP contribution is -2.15. The van der Waals surface area contributed by atoms with Crippen LogP contribution in [0.25, 0.3) is 0 Å². The Morgan fingerprint density at radius 2 is 1.80 bits per heavy atom. The average molecular weight is 359 g/mol. The lowest BCUT2D eigenvalue weighted by molar-refractivity contribution is -0.113. The van der Waals surface area contributed by atoms with E-state index in [9.17, 15) is 9.59 Å². The second-order valence-electron chi connectivity index (χ2n) is 5.26. The number of methoxy groups -OCH3 is 1. The van der Waals surface area contributed by atoms with E-state index in [4.69, 9.17) is 9.47 Å². The van der Waals surface area contributed by atoms with Crippen LogP contribution in [0, 0.1) is 0 Å². The molecule has 1 amide bonds. The van der Waals surface area contributed by atoms with Crippen LogP contribution < -0.4 is 14.8 Å². The molecule has 1 N–H and O–H groups in total. The van der Waals surface area contributed by atoms with Gasteiger partial charge in [0.2, 0.25) is 5.91 Å². The number of carbonyl (C=O) groups is 2. The lowest BCUT2D eigenvalue weighted by atomic mass is 10.1. The molecule has 0 aromatic heterocycles. The van der Waals surface area contributed by atoms with Gasteiger partial charge in [-0.1, -0.05) is 12.1 Å². The second kappa shape index (κ2) is 9.74. The number of hydrogen-bond donors (Lipinski definition) is 1. The van der Waals surface area contributed by atoms with E-state index in [-0.39, 0.29) is 11.7 Å². The van der Waals surface area contributed by atoms with Crippen molar-refractivity contribution in [2.24, 2.45) is 0 Å². The highest BCUT2D eigenvalue weighted by Crippen LogP contribution is 2.17. The Morgan fingerprint density at radius 3 is 2.48 bits per heavy atom. The predicted molar refractivity (Wildman–Crippen MR) is 101 cm³/mol. The zero-order valence-electron chi connectivity index (χ0n) is 14.3. The molecule has 132 valence electrons. The number of anilines is 1. The number of ketones is 1. The van der Waals surface area contributed by atoms with Crippen LogP contribution in [0.2, 0.25) is 0 Å². The molecule has 0 saturated heterocycles. The van der Waals surface area contributed by atoms with Crippen molar-refractivity contribution >= 4 is 29.1 Å². The first-order valence-corrected chi connectivity index (χ1v) is 8.99. The van der Waals surface area contributed by atoms with E-state index in [1.54, 1.807) is 31.4 Å². The van der Waals surface area contributed by atoms with Gasteiger partial charge in [0, 0.05) is 17.0 Å². The average Bonchev–Trinajstić information content (AvgIpc) is 2.62. The summed E-state index contributed by atoms with van der Waals surface area (Å²) in [4.78, 5) is 23.3. The van der Waals surface area contributed by atoms with Gasteiger partial charge < -0.3 is 14.8 Å². The fraction of sp³-hybridized carbons (Fsp3) is 0.263. The molecule has 0 heterocycles. The standard InChI is InChI=1S/C19H21NO4S/c1-14(21)15-4-3-5-16(12-15)20-19(22)13-25-11-10-24-18-8-6-17(23-2)7-9-18/h3-9,12H,10-11,13H2,1-2H3,(H,20,22). The van der Waals surface area contributed by atoms with Crippen molar-refractivity contribution in [3.8, 4) is 11.5 Å².